The maximum Gasteiger partial charge on any atom is 0.201 e. The third-order valence-corrected chi connectivity index (χ3v) is 4.75. The van der Waals surface area contributed by atoms with Gasteiger partial charge >= 0.3 is 0 Å². The highest BCUT2D eigenvalue weighted by Gasteiger charge is 2.13. The Labute approximate surface area is 121 Å². The van der Waals surface area contributed by atoms with Gasteiger partial charge < -0.3 is 10.3 Å². The third kappa shape index (κ3) is 2.68. The highest BCUT2D eigenvalue weighted by atomic mass is 35.5. The Morgan fingerprint density at radius 3 is 2.84 bits per heavy atom. The molecule has 0 unspecified atom stereocenters. The molecular weight excluding hydrogens is 280 g/mol. The maximum atomic E-state index is 6.15. The second-order valence-corrected chi connectivity index (χ2v) is 6.32. The van der Waals surface area contributed by atoms with Crippen LogP contribution < -0.4 is 5.73 Å². The SMILES string of the molecule is Nc1nc2c(Cl)cccc2n1CCN1CCSCC1. The summed E-state index contributed by atoms with van der Waals surface area (Å²) in [6, 6.07) is 5.82. The molecule has 1 aromatic heterocycles. The van der Waals surface area contributed by atoms with Crippen LogP contribution in [0.3, 0.4) is 0 Å². The lowest BCUT2D eigenvalue weighted by atomic mass is 10.3. The van der Waals surface area contributed by atoms with Crippen molar-refractivity contribution in [3.8, 4) is 0 Å². The van der Waals surface area contributed by atoms with Crippen molar-refractivity contribution in [2.75, 3.05) is 36.9 Å². The van der Waals surface area contributed by atoms with Gasteiger partial charge in [-0.1, -0.05) is 17.7 Å². The lowest BCUT2D eigenvalue weighted by Crippen LogP contribution is -2.35. The maximum absolute atomic E-state index is 6.15. The van der Waals surface area contributed by atoms with Crippen LogP contribution in [0.25, 0.3) is 11.0 Å². The number of nitrogens with two attached hydrogens (primary N) is 1. The highest BCUT2D eigenvalue weighted by Crippen LogP contribution is 2.24. The number of rotatable bonds is 3. The fraction of sp³-hybridized carbons (Fsp3) is 0.462. The van der Waals surface area contributed by atoms with E-state index in [0.29, 0.717) is 11.0 Å². The van der Waals surface area contributed by atoms with Gasteiger partial charge in [0, 0.05) is 37.7 Å². The minimum absolute atomic E-state index is 0.550. The highest BCUT2D eigenvalue weighted by molar-refractivity contribution is 7.99. The molecule has 0 atom stereocenters. The van der Waals surface area contributed by atoms with Gasteiger partial charge in [0.1, 0.15) is 5.52 Å². The lowest BCUT2D eigenvalue weighted by Gasteiger charge is -2.26. The Morgan fingerprint density at radius 2 is 2.05 bits per heavy atom. The Morgan fingerprint density at radius 1 is 1.26 bits per heavy atom. The first-order valence-electron chi connectivity index (χ1n) is 6.46. The van der Waals surface area contributed by atoms with Crippen LogP contribution in [0, 0.1) is 0 Å². The fourth-order valence-electron chi connectivity index (χ4n) is 2.43. The van der Waals surface area contributed by atoms with Gasteiger partial charge in [-0.2, -0.15) is 11.8 Å². The number of hydrogen-bond donors (Lipinski definition) is 1. The molecule has 1 fully saturated rings. The van der Waals surface area contributed by atoms with Crippen LogP contribution in [0.4, 0.5) is 5.95 Å². The number of fused-ring (bicyclic) bond motifs is 1. The van der Waals surface area contributed by atoms with E-state index in [1.807, 2.05) is 30.0 Å². The van der Waals surface area contributed by atoms with Gasteiger partial charge in [-0.3, -0.25) is 4.90 Å². The molecule has 0 saturated carbocycles. The number of aromatic nitrogens is 2. The summed E-state index contributed by atoms with van der Waals surface area (Å²) in [7, 11) is 0. The third-order valence-electron chi connectivity index (χ3n) is 3.50. The van der Waals surface area contributed by atoms with E-state index in [2.05, 4.69) is 14.5 Å². The quantitative estimate of drug-likeness (QED) is 0.944. The summed E-state index contributed by atoms with van der Waals surface area (Å²) in [6.07, 6.45) is 0. The van der Waals surface area contributed by atoms with Gasteiger partial charge in [-0.05, 0) is 12.1 Å². The Bertz CT molecular complexity index is 577. The van der Waals surface area contributed by atoms with Crippen LogP contribution in [-0.2, 0) is 6.54 Å². The van der Waals surface area contributed by atoms with Crippen LogP contribution in [0.1, 0.15) is 0 Å². The van der Waals surface area contributed by atoms with Crippen LogP contribution in [0.5, 0.6) is 0 Å². The average Bonchev–Trinajstić information content (AvgIpc) is 2.75. The largest absolute Gasteiger partial charge is 0.369 e. The fourth-order valence-corrected chi connectivity index (χ4v) is 3.62. The Balaban J connectivity index is 1.80. The summed E-state index contributed by atoms with van der Waals surface area (Å²) >= 11 is 8.17. The van der Waals surface area contributed by atoms with Crippen molar-refractivity contribution < 1.29 is 0 Å². The molecule has 2 heterocycles. The van der Waals surface area contributed by atoms with E-state index in [1.165, 1.54) is 11.5 Å². The monoisotopic (exact) mass is 296 g/mol. The standard InChI is InChI=1S/C13H17ClN4S/c14-10-2-1-3-11-12(10)16-13(15)18(11)5-4-17-6-8-19-9-7-17/h1-3H,4-9H2,(H2,15,16). The molecule has 6 heteroatoms. The normalized spacial score (nSPS) is 17.1. The number of para-hydroxylation sites is 1. The molecular formula is C13H17ClN4S. The van der Waals surface area contributed by atoms with Crippen LogP contribution in [-0.4, -0.2) is 45.6 Å². The summed E-state index contributed by atoms with van der Waals surface area (Å²) in [5.74, 6) is 3.01. The van der Waals surface area contributed by atoms with E-state index < -0.39 is 0 Å². The van der Waals surface area contributed by atoms with Crippen LogP contribution in [0.15, 0.2) is 18.2 Å². The van der Waals surface area contributed by atoms with Gasteiger partial charge in [0.2, 0.25) is 5.95 Å². The molecule has 1 aliphatic heterocycles. The first-order valence-corrected chi connectivity index (χ1v) is 7.99. The predicted octanol–water partition coefficient (Wildman–Crippen LogP) is 2.32. The van der Waals surface area contributed by atoms with Crippen molar-refractivity contribution in [1.29, 1.82) is 0 Å². The van der Waals surface area contributed by atoms with Crippen molar-refractivity contribution in [2.24, 2.45) is 0 Å². The zero-order valence-electron chi connectivity index (χ0n) is 10.7. The molecule has 1 saturated heterocycles. The molecule has 4 nitrogen and oxygen atoms in total. The molecule has 1 aromatic carbocycles. The molecule has 102 valence electrons. The van der Waals surface area contributed by atoms with E-state index in [1.54, 1.807) is 0 Å². The van der Waals surface area contributed by atoms with Crippen molar-refractivity contribution in [2.45, 2.75) is 6.54 Å². The number of benzene rings is 1. The number of nitrogen functional groups attached to an aromatic ring is 1. The summed E-state index contributed by atoms with van der Waals surface area (Å²) in [5, 5.41) is 0.664. The van der Waals surface area contributed by atoms with Crippen molar-refractivity contribution in [3.63, 3.8) is 0 Å². The molecule has 2 N–H and O–H groups in total. The number of thioether (sulfide) groups is 1. The summed E-state index contributed by atoms with van der Waals surface area (Å²) < 4.78 is 2.06. The van der Waals surface area contributed by atoms with Gasteiger partial charge in [0.25, 0.3) is 0 Å². The molecule has 2 aromatic rings. The van der Waals surface area contributed by atoms with E-state index >= 15 is 0 Å². The number of halogens is 1. The van der Waals surface area contributed by atoms with Crippen molar-refractivity contribution in [3.05, 3.63) is 23.2 Å². The average molecular weight is 297 g/mol. The smallest absolute Gasteiger partial charge is 0.201 e. The summed E-state index contributed by atoms with van der Waals surface area (Å²) in [4.78, 5) is 6.84. The first-order chi connectivity index (χ1) is 9.25. The Hall–Kier alpha value is -0.910. The topological polar surface area (TPSA) is 47.1 Å². The molecule has 0 spiro atoms. The van der Waals surface area contributed by atoms with Gasteiger partial charge in [-0.15, -0.1) is 0 Å². The second kappa shape index (κ2) is 5.61. The van der Waals surface area contributed by atoms with E-state index in [0.717, 1.165) is 37.2 Å². The number of imidazole rings is 1. The molecule has 0 radical (unpaired) electrons. The van der Waals surface area contributed by atoms with Crippen LogP contribution >= 0.6 is 23.4 Å². The lowest BCUT2D eigenvalue weighted by molar-refractivity contribution is 0.291. The zero-order chi connectivity index (χ0) is 13.2. The number of nitrogens with zero attached hydrogens (tertiary/aromatic N) is 3. The van der Waals surface area contributed by atoms with Crippen molar-refractivity contribution in [1.82, 2.24) is 14.5 Å². The van der Waals surface area contributed by atoms with E-state index in [4.69, 9.17) is 17.3 Å². The van der Waals surface area contributed by atoms with Crippen LogP contribution in [0.2, 0.25) is 5.02 Å². The molecule has 19 heavy (non-hydrogen) atoms. The molecule has 1 aliphatic rings. The minimum Gasteiger partial charge on any atom is -0.369 e. The van der Waals surface area contributed by atoms with Gasteiger partial charge in [0.05, 0.1) is 10.5 Å². The Kier molecular flexibility index (Phi) is 3.86. The molecule has 0 bridgehead atoms. The van der Waals surface area contributed by atoms with E-state index in [9.17, 15) is 0 Å². The second-order valence-electron chi connectivity index (χ2n) is 4.68. The molecule has 0 amide bonds. The van der Waals surface area contributed by atoms with Gasteiger partial charge in [-0.25, -0.2) is 4.98 Å². The minimum atomic E-state index is 0.550. The number of hydrogen-bond acceptors (Lipinski definition) is 4. The zero-order valence-corrected chi connectivity index (χ0v) is 12.3. The van der Waals surface area contributed by atoms with Gasteiger partial charge in [0.15, 0.2) is 0 Å². The number of anilines is 1. The van der Waals surface area contributed by atoms with Crippen molar-refractivity contribution >= 4 is 40.3 Å². The molecule has 3 rings (SSSR count). The summed E-state index contributed by atoms with van der Waals surface area (Å²) in [5.41, 5.74) is 7.83. The molecule has 0 aliphatic carbocycles. The first kappa shape index (κ1) is 13.1. The van der Waals surface area contributed by atoms with E-state index in [-0.39, 0.29) is 0 Å². The predicted molar refractivity (Wildman–Crippen MR) is 82.9 cm³/mol. The summed E-state index contributed by atoms with van der Waals surface area (Å²) in [6.45, 7) is 4.21.